The summed E-state index contributed by atoms with van der Waals surface area (Å²) in [5.41, 5.74) is 1.43. The van der Waals surface area contributed by atoms with Crippen molar-refractivity contribution in [3.8, 4) is 0 Å². The molecule has 1 saturated heterocycles. The van der Waals surface area contributed by atoms with E-state index in [0.29, 0.717) is 24.3 Å². The van der Waals surface area contributed by atoms with E-state index < -0.39 is 5.97 Å². The third-order valence-electron chi connectivity index (χ3n) is 6.74. The number of nitrogens with zero attached hydrogens (tertiary/aromatic N) is 1. The summed E-state index contributed by atoms with van der Waals surface area (Å²) in [6, 6.07) is 13.7. The van der Waals surface area contributed by atoms with E-state index >= 15 is 0 Å². The number of amides is 2. The minimum atomic E-state index is -0.410. The molecule has 1 atom stereocenters. The number of rotatable bonds is 8. The van der Waals surface area contributed by atoms with Crippen molar-refractivity contribution in [1.82, 2.24) is 10.2 Å². The molecule has 1 saturated carbocycles. The molecule has 7 heteroatoms. The van der Waals surface area contributed by atoms with Gasteiger partial charge < -0.3 is 15.4 Å². The van der Waals surface area contributed by atoms with Crippen molar-refractivity contribution in [3.63, 3.8) is 0 Å². The number of benzene rings is 2. The zero-order valence-corrected chi connectivity index (χ0v) is 19.1. The molecule has 1 heterocycles. The summed E-state index contributed by atoms with van der Waals surface area (Å²) < 4.78 is 19.2. The second-order valence-corrected chi connectivity index (χ2v) is 9.08. The van der Waals surface area contributed by atoms with Crippen molar-refractivity contribution in [2.24, 2.45) is 0 Å². The Kier molecular flexibility index (Phi) is 7.28. The minimum Gasteiger partial charge on any atom is -0.462 e. The monoisotopic (exact) mass is 453 g/mol. The molecule has 0 bridgehead atoms. The zero-order valence-electron chi connectivity index (χ0n) is 19.1. The fraction of sp³-hybridized carbons (Fsp3) is 0.462. The molecular weight excluding hydrogens is 421 g/mol. The summed E-state index contributed by atoms with van der Waals surface area (Å²) in [5, 5.41) is 6.05. The standard InChI is InChI=1S/C26H32FN3O3/c1-2-33-24(31)20-9-5-10-21(16-20)28-25(32)29-26(13-7-14-26)18-30-15-6-11-22(30)17-19-8-3-4-12-23(19)27/h3-5,8-10,12,16,22H,2,6-7,11,13-15,17-18H2,1H3,(H2,28,29,32). The average Bonchev–Trinajstić information content (AvgIpc) is 3.20. The Morgan fingerprint density at radius 3 is 2.70 bits per heavy atom. The van der Waals surface area contributed by atoms with Crippen molar-refractivity contribution < 1.29 is 18.7 Å². The summed E-state index contributed by atoms with van der Waals surface area (Å²) in [5.74, 6) is -0.558. The van der Waals surface area contributed by atoms with Gasteiger partial charge in [0.15, 0.2) is 0 Å². The van der Waals surface area contributed by atoms with E-state index in [9.17, 15) is 14.0 Å². The summed E-state index contributed by atoms with van der Waals surface area (Å²) in [6.45, 7) is 3.79. The highest BCUT2D eigenvalue weighted by atomic mass is 19.1. The van der Waals surface area contributed by atoms with Crippen LogP contribution in [0.2, 0.25) is 0 Å². The molecular formula is C26H32FN3O3. The van der Waals surface area contributed by atoms with Gasteiger partial charge in [0.2, 0.25) is 0 Å². The van der Waals surface area contributed by atoms with E-state index in [1.54, 1.807) is 37.3 Å². The molecule has 2 aromatic carbocycles. The van der Waals surface area contributed by atoms with Gasteiger partial charge in [0.25, 0.3) is 0 Å². The van der Waals surface area contributed by atoms with Gasteiger partial charge in [-0.25, -0.2) is 14.0 Å². The number of carbonyl (C=O) groups is 2. The fourth-order valence-electron chi connectivity index (χ4n) is 4.91. The van der Waals surface area contributed by atoms with Crippen LogP contribution in [0.25, 0.3) is 0 Å². The topological polar surface area (TPSA) is 70.7 Å². The number of nitrogens with one attached hydrogen (secondary N) is 2. The van der Waals surface area contributed by atoms with Crippen LogP contribution in [0, 0.1) is 5.82 Å². The first kappa shape index (κ1) is 23.2. The normalized spacial score (nSPS) is 19.5. The lowest BCUT2D eigenvalue weighted by molar-refractivity contribution is 0.0526. The third-order valence-corrected chi connectivity index (χ3v) is 6.74. The highest BCUT2D eigenvalue weighted by Gasteiger charge is 2.42. The number of urea groups is 1. The number of hydrogen-bond acceptors (Lipinski definition) is 4. The number of halogens is 1. The molecule has 2 N–H and O–H groups in total. The molecule has 2 fully saturated rings. The maximum atomic E-state index is 14.2. The highest BCUT2D eigenvalue weighted by molar-refractivity contribution is 5.94. The van der Waals surface area contributed by atoms with Crippen LogP contribution in [0.15, 0.2) is 48.5 Å². The highest BCUT2D eigenvalue weighted by Crippen LogP contribution is 2.35. The lowest BCUT2D eigenvalue weighted by Crippen LogP contribution is -2.61. The summed E-state index contributed by atoms with van der Waals surface area (Å²) in [4.78, 5) is 27.2. The molecule has 1 aliphatic carbocycles. The number of esters is 1. The van der Waals surface area contributed by atoms with Crippen LogP contribution in [0.1, 0.15) is 54.9 Å². The van der Waals surface area contributed by atoms with Crippen LogP contribution in [0.4, 0.5) is 14.9 Å². The SMILES string of the molecule is CCOC(=O)c1cccc(NC(=O)NC2(CN3CCCC3Cc3ccccc3F)CCC2)c1. The van der Waals surface area contributed by atoms with Gasteiger partial charge >= 0.3 is 12.0 Å². The maximum Gasteiger partial charge on any atom is 0.338 e. The minimum absolute atomic E-state index is 0.148. The second-order valence-electron chi connectivity index (χ2n) is 9.08. The van der Waals surface area contributed by atoms with Gasteiger partial charge in [-0.1, -0.05) is 24.3 Å². The molecule has 6 nitrogen and oxygen atoms in total. The number of hydrogen-bond donors (Lipinski definition) is 2. The molecule has 2 amide bonds. The average molecular weight is 454 g/mol. The maximum absolute atomic E-state index is 14.2. The van der Waals surface area contributed by atoms with E-state index in [2.05, 4.69) is 15.5 Å². The van der Waals surface area contributed by atoms with E-state index in [4.69, 9.17) is 4.74 Å². The van der Waals surface area contributed by atoms with Crippen molar-refractivity contribution in [1.29, 1.82) is 0 Å². The predicted octanol–water partition coefficient (Wildman–Crippen LogP) is 4.75. The van der Waals surface area contributed by atoms with Gasteiger partial charge in [0, 0.05) is 18.3 Å². The van der Waals surface area contributed by atoms with Crippen LogP contribution in [-0.4, -0.2) is 48.2 Å². The third kappa shape index (κ3) is 5.71. The molecule has 0 aromatic heterocycles. The first-order valence-electron chi connectivity index (χ1n) is 11.8. The lowest BCUT2D eigenvalue weighted by Gasteiger charge is -2.46. The van der Waals surface area contributed by atoms with Gasteiger partial charge in [-0.15, -0.1) is 0 Å². The summed E-state index contributed by atoms with van der Waals surface area (Å²) in [7, 11) is 0. The van der Waals surface area contributed by atoms with Crippen LogP contribution < -0.4 is 10.6 Å². The Hall–Kier alpha value is -2.93. The zero-order chi connectivity index (χ0) is 23.3. The molecule has 4 rings (SSSR count). The lowest BCUT2D eigenvalue weighted by atomic mass is 9.76. The molecule has 33 heavy (non-hydrogen) atoms. The van der Waals surface area contributed by atoms with Gasteiger partial charge in [-0.3, -0.25) is 4.90 Å². The Balaban J connectivity index is 1.37. The number of likely N-dealkylation sites (tertiary alicyclic amines) is 1. The van der Waals surface area contributed by atoms with Crippen molar-refractivity contribution >= 4 is 17.7 Å². The van der Waals surface area contributed by atoms with Crippen molar-refractivity contribution in [2.45, 2.75) is 57.0 Å². The van der Waals surface area contributed by atoms with E-state index in [1.807, 2.05) is 12.1 Å². The molecule has 0 spiro atoms. The number of ether oxygens (including phenoxy) is 1. The van der Waals surface area contributed by atoms with Crippen LogP contribution in [0.5, 0.6) is 0 Å². The smallest absolute Gasteiger partial charge is 0.338 e. The fourth-order valence-corrected chi connectivity index (χ4v) is 4.91. The van der Waals surface area contributed by atoms with Gasteiger partial charge in [0.05, 0.1) is 17.7 Å². The molecule has 0 radical (unpaired) electrons. The first-order chi connectivity index (χ1) is 16.0. The largest absolute Gasteiger partial charge is 0.462 e. The molecule has 1 aliphatic heterocycles. The quantitative estimate of drug-likeness (QED) is 0.566. The summed E-state index contributed by atoms with van der Waals surface area (Å²) >= 11 is 0. The van der Waals surface area contributed by atoms with E-state index in [0.717, 1.165) is 50.8 Å². The Morgan fingerprint density at radius 1 is 1.15 bits per heavy atom. The second kappa shape index (κ2) is 10.3. The van der Waals surface area contributed by atoms with E-state index in [-0.39, 0.29) is 23.4 Å². The van der Waals surface area contributed by atoms with Crippen LogP contribution in [0.3, 0.4) is 0 Å². The van der Waals surface area contributed by atoms with Crippen LogP contribution in [-0.2, 0) is 11.2 Å². The number of anilines is 1. The number of carbonyl (C=O) groups excluding carboxylic acids is 2. The molecule has 1 unspecified atom stereocenters. The Labute approximate surface area is 194 Å². The Bertz CT molecular complexity index is 992. The molecule has 2 aromatic rings. The Morgan fingerprint density at radius 2 is 1.97 bits per heavy atom. The summed E-state index contributed by atoms with van der Waals surface area (Å²) in [6.07, 6.45) is 5.73. The van der Waals surface area contributed by atoms with Crippen molar-refractivity contribution in [3.05, 3.63) is 65.5 Å². The van der Waals surface area contributed by atoms with Gasteiger partial charge in [-0.05, 0) is 81.8 Å². The van der Waals surface area contributed by atoms with Gasteiger partial charge in [-0.2, -0.15) is 0 Å². The molecule has 176 valence electrons. The van der Waals surface area contributed by atoms with Crippen LogP contribution >= 0.6 is 0 Å². The van der Waals surface area contributed by atoms with Crippen molar-refractivity contribution in [2.75, 3.05) is 25.0 Å². The molecule has 2 aliphatic rings. The van der Waals surface area contributed by atoms with E-state index in [1.165, 1.54) is 6.07 Å². The predicted molar refractivity (Wildman–Crippen MR) is 126 cm³/mol. The first-order valence-corrected chi connectivity index (χ1v) is 11.8. The van der Waals surface area contributed by atoms with Gasteiger partial charge in [0.1, 0.15) is 5.82 Å².